The van der Waals surface area contributed by atoms with E-state index in [2.05, 4.69) is 39.7 Å². The number of guanidine groups is 1. The molecule has 0 bridgehead atoms. The van der Waals surface area contributed by atoms with Gasteiger partial charge in [-0.05, 0) is 33.6 Å². The Hall–Kier alpha value is -0.830. The Bertz CT molecular complexity index is 454. The van der Waals surface area contributed by atoms with Gasteiger partial charge in [-0.1, -0.05) is 0 Å². The van der Waals surface area contributed by atoms with Crippen molar-refractivity contribution in [1.82, 2.24) is 20.8 Å². The van der Waals surface area contributed by atoms with Crippen molar-refractivity contribution < 1.29 is 4.74 Å². The molecule has 1 fully saturated rings. The molecule has 0 spiro atoms. The molecule has 1 aromatic heterocycles. The summed E-state index contributed by atoms with van der Waals surface area (Å²) in [5.74, 6) is 0.824. The molecular weight excluding hydrogens is 381 g/mol. The van der Waals surface area contributed by atoms with Gasteiger partial charge in [-0.2, -0.15) is 5.10 Å². The number of H-pyrrole nitrogens is 1. The fourth-order valence-electron chi connectivity index (χ4n) is 2.29. The number of nitrogens with zero attached hydrogens (tertiary/aromatic N) is 2. The molecule has 1 saturated heterocycles. The van der Waals surface area contributed by atoms with Gasteiger partial charge in [0.2, 0.25) is 0 Å². The molecule has 0 saturated carbocycles. The summed E-state index contributed by atoms with van der Waals surface area (Å²) in [5, 5.41) is 13.6. The number of aromatic nitrogens is 2. The molecule has 1 aliphatic heterocycles. The maximum Gasteiger partial charge on any atom is 0.191 e. The molecule has 1 unspecified atom stereocenters. The number of hydrogen-bond acceptors (Lipinski definition) is 3. The Morgan fingerprint density at radius 3 is 2.90 bits per heavy atom. The number of nitrogens with one attached hydrogen (secondary N) is 3. The van der Waals surface area contributed by atoms with Crippen LogP contribution in [0.1, 0.15) is 37.9 Å². The average molecular weight is 407 g/mol. The van der Waals surface area contributed by atoms with Crippen LogP contribution in [-0.4, -0.2) is 41.5 Å². The molecule has 6 nitrogen and oxygen atoms in total. The van der Waals surface area contributed by atoms with Crippen molar-refractivity contribution in [3.05, 3.63) is 17.5 Å². The molecule has 0 aromatic carbocycles. The summed E-state index contributed by atoms with van der Waals surface area (Å²) in [7, 11) is 0. The average Bonchev–Trinajstić information content (AvgIpc) is 3.03. The molecule has 21 heavy (non-hydrogen) atoms. The van der Waals surface area contributed by atoms with E-state index < -0.39 is 0 Å². The number of halogens is 1. The lowest BCUT2D eigenvalue weighted by atomic mass is 10.0. The number of ether oxygens (including phenoxy) is 1. The van der Waals surface area contributed by atoms with E-state index in [1.165, 1.54) is 0 Å². The summed E-state index contributed by atoms with van der Waals surface area (Å²) in [4.78, 5) is 4.59. The zero-order valence-electron chi connectivity index (χ0n) is 13.0. The Labute approximate surface area is 143 Å². The van der Waals surface area contributed by atoms with Gasteiger partial charge in [-0.25, -0.2) is 4.99 Å². The highest BCUT2D eigenvalue weighted by Gasteiger charge is 2.29. The largest absolute Gasteiger partial charge is 0.373 e. The maximum absolute atomic E-state index is 5.78. The molecule has 1 aromatic rings. The van der Waals surface area contributed by atoms with E-state index in [-0.39, 0.29) is 29.6 Å². The Morgan fingerprint density at radius 2 is 2.33 bits per heavy atom. The number of rotatable bonds is 5. The minimum absolute atomic E-state index is 0. The molecule has 0 aliphatic carbocycles. The third-order valence-corrected chi connectivity index (χ3v) is 3.62. The van der Waals surface area contributed by atoms with Crippen LogP contribution in [0.25, 0.3) is 0 Å². The van der Waals surface area contributed by atoms with Crippen LogP contribution >= 0.6 is 24.0 Å². The van der Waals surface area contributed by atoms with Crippen LogP contribution in [0.5, 0.6) is 0 Å². The van der Waals surface area contributed by atoms with Gasteiger partial charge in [0, 0.05) is 31.0 Å². The lowest BCUT2D eigenvalue weighted by molar-refractivity contribution is 0.0243. The molecule has 0 radical (unpaired) electrons. The summed E-state index contributed by atoms with van der Waals surface area (Å²) < 4.78 is 5.78. The number of aromatic amines is 1. The minimum Gasteiger partial charge on any atom is -0.373 e. The van der Waals surface area contributed by atoms with Gasteiger partial charge in [0.25, 0.3) is 0 Å². The molecular formula is C14H26IN5O. The number of aryl methyl sites for hydroxylation is 1. The zero-order valence-corrected chi connectivity index (χ0v) is 15.4. The van der Waals surface area contributed by atoms with Crippen molar-refractivity contribution in [3.8, 4) is 0 Å². The first-order valence-electron chi connectivity index (χ1n) is 7.28. The van der Waals surface area contributed by atoms with Gasteiger partial charge < -0.3 is 15.4 Å². The second kappa shape index (κ2) is 8.57. The quantitative estimate of drug-likeness (QED) is 0.397. The van der Waals surface area contributed by atoms with E-state index >= 15 is 0 Å². The zero-order chi connectivity index (χ0) is 14.4. The lowest BCUT2D eigenvalue weighted by Crippen LogP contribution is -2.45. The van der Waals surface area contributed by atoms with Gasteiger partial charge in [-0.15, -0.1) is 24.0 Å². The second-order valence-corrected chi connectivity index (χ2v) is 5.47. The molecule has 2 rings (SSSR count). The van der Waals surface area contributed by atoms with Crippen molar-refractivity contribution in [3.63, 3.8) is 0 Å². The SMILES string of the molecule is CCNC(=NCc1cn[nH]c1C)NCC1(C)CCCO1.I. The highest BCUT2D eigenvalue weighted by Crippen LogP contribution is 2.23. The number of aliphatic imine (C=N–C) groups is 1. The highest BCUT2D eigenvalue weighted by atomic mass is 127. The number of hydrogen-bond donors (Lipinski definition) is 3. The summed E-state index contributed by atoms with van der Waals surface area (Å²) in [6.45, 7) is 9.32. The Kier molecular flexibility index (Phi) is 7.44. The molecule has 0 amide bonds. The minimum atomic E-state index is -0.0677. The normalized spacial score (nSPS) is 22.0. The van der Waals surface area contributed by atoms with E-state index in [1.54, 1.807) is 0 Å². The van der Waals surface area contributed by atoms with Crippen LogP contribution < -0.4 is 10.6 Å². The van der Waals surface area contributed by atoms with Crippen LogP contribution in [0.2, 0.25) is 0 Å². The fourth-order valence-corrected chi connectivity index (χ4v) is 2.29. The molecule has 120 valence electrons. The van der Waals surface area contributed by atoms with Gasteiger partial charge in [-0.3, -0.25) is 5.10 Å². The van der Waals surface area contributed by atoms with Crippen LogP contribution in [0.3, 0.4) is 0 Å². The summed E-state index contributed by atoms with van der Waals surface area (Å²) >= 11 is 0. The Morgan fingerprint density at radius 1 is 1.52 bits per heavy atom. The second-order valence-electron chi connectivity index (χ2n) is 5.47. The van der Waals surface area contributed by atoms with E-state index in [9.17, 15) is 0 Å². The van der Waals surface area contributed by atoms with Gasteiger partial charge in [0.05, 0.1) is 18.3 Å². The van der Waals surface area contributed by atoms with Gasteiger partial charge in [0.15, 0.2) is 5.96 Å². The Balaban J connectivity index is 0.00000220. The molecule has 3 N–H and O–H groups in total. The van der Waals surface area contributed by atoms with E-state index in [4.69, 9.17) is 4.74 Å². The predicted molar refractivity (Wildman–Crippen MR) is 95.1 cm³/mol. The topological polar surface area (TPSA) is 74.3 Å². The molecule has 1 aliphatic rings. The van der Waals surface area contributed by atoms with Gasteiger partial charge >= 0.3 is 0 Å². The first-order chi connectivity index (χ1) is 9.63. The molecule has 7 heteroatoms. The standard InChI is InChI=1S/C14H25N5O.HI/c1-4-15-13(16-8-12-9-18-19-11(12)2)17-10-14(3)6-5-7-20-14;/h9H,4-8,10H2,1-3H3,(H,18,19)(H2,15,16,17);1H. The predicted octanol–water partition coefficient (Wildman–Crippen LogP) is 1.96. The van der Waals surface area contributed by atoms with Crippen molar-refractivity contribution in [1.29, 1.82) is 0 Å². The van der Waals surface area contributed by atoms with Crippen molar-refractivity contribution >= 4 is 29.9 Å². The lowest BCUT2D eigenvalue weighted by Gasteiger charge is -2.24. The summed E-state index contributed by atoms with van der Waals surface area (Å²) in [5.41, 5.74) is 2.11. The van der Waals surface area contributed by atoms with Crippen LogP contribution in [0, 0.1) is 6.92 Å². The van der Waals surface area contributed by atoms with Crippen molar-refractivity contribution in [2.75, 3.05) is 19.7 Å². The van der Waals surface area contributed by atoms with E-state index in [0.717, 1.165) is 49.8 Å². The maximum atomic E-state index is 5.78. The van der Waals surface area contributed by atoms with Crippen LogP contribution in [-0.2, 0) is 11.3 Å². The third kappa shape index (κ3) is 5.46. The van der Waals surface area contributed by atoms with Gasteiger partial charge in [0.1, 0.15) is 0 Å². The smallest absolute Gasteiger partial charge is 0.191 e. The third-order valence-electron chi connectivity index (χ3n) is 3.62. The molecule has 2 heterocycles. The monoisotopic (exact) mass is 407 g/mol. The van der Waals surface area contributed by atoms with Crippen LogP contribution in [0.15, 0.2) is 11.2 Å². The fraction of sp³-hybridized carbons (Fsp3) is 0.714. The van der Waals surface area contributed by atoms with E-state index in [0.29, 0.717) is 6.54 Å². The summed E-state index contributed by atoms with van der Waals surface area (Å²) in [6, 6.07) is 0. The first kappa shape index (κ1) is 18.2. The summed E-state index contributed by atoms with van der Waals surface area (Å²) in [6.07, 6.45) is 4.06. The highest BCUT2D eigenvalue weighted by molar-refractivity contribution is 14.0. The van der Waals surface area contributed by atoms with E-state index in [1.807, 2.05) is 13.1 Å². The van der Waals surface area contributed by atoms with Crippen LogP contribution in [0.4, 0.5) is 0 Å². The van der Waals surface area contributed by atoms with Crippen molar-refractivity contribution in [2.24, 2.45) is 4.99 Å². The molecule has 1 atom stereocenters. The first-order valence-corrected chi connectivity index (χ1v) is 7.28. The van der Waals surface area contributed by atoms with Crippen molar-refractivity contribution in [2.45, 2.75) is 45.8 Å².